The van der Waals surface area contributed by atoms with Gasteiger partial charge in [-0.05, 0) is 42.0 Å². The summed E-state index contributed by atoms with van der Waals surface area (Å²) in [5, 5.41) is 6.52. The number of hydrogen-bond donors (Lipinski definition) is 1. The Kier molecular flexibility index (Phi) is 6.17. The molecule has 132 valence electrons. The molecule has 1 fully saturated rings. The van der Waals surface area contributed by atoms with Crippen molar-refractivity contribution in [3.63, 3.8) is 0 Å². The molecule has 0 radical (unpaired) electrons. The van der Waals surface area contributed by atoms with Gasteiger partial charge in [-0.2, -0.15) is 11.3 Å². The van der Waals surface area contributed by atoms with Crippen molar-refractivity contribution in [2.45, 2.75) is 38.1 Å². The van der Waals surface area contributed by atoms with Gasteiger partial charge in [0, 0.05) is 42.8 Å². The Hall–Kier alpha value is -2.21. The zero-order valence-corrected chi connectivity index (χ0v) is 15.0. The molecule has 0 saturated carbocycles. The van der Waals surface area contributed by atoms with Gasteiger partial charge in [-0.1, -0.05) is 12.8 Å². The number of carbonyl (C=O) groups is 2. The van der Waals surface area contributed by atoms with Crippen LogP contribution in [0.3, 0.4) is 0 Å². The predicted octanol–water partition coefficient (Wildman–Crippen LogP) is 3.41. The molecule has 1 atom stereocenters. The maximum Gasteiger partial charge on any atom is 0.252 e. The standard InChI is InChI=1S/C19H23N3O2S/c23-18(7-11-21-19(24)16-8-13-25-14-16)22-12-3-1-2-4-17(22)15-5-9-20-10-6-15/h5-6,8-10,13-14,17H,1-4,7,11-12H2,(H,21,24)/t17-/m1/s1. The SMILES string of the molecule is O=C(NCCC(=O)N1CCCCC[C@@H]1c1ccncc1)c1ccsc1. The Morgan fingerprint density at radius 3 is 2.80 bits per heavy atom. The van der Waals surface area contributed by atoms with E-state index in [0.29, 0.717) is 18.5 Å². The zero-order valence-electron chi connectivity index (χ0n) is 14.2. The number of amides is 2. The average molecular weight is 357 g/mol. The largest absolute Gasteiger partial charge is 0.351 e. The molecule has 3 heterocycles. The number of likely N-dealkylation sites (tertiary alicyclic amines) is 1. The monoisotopic (exact) mass is 357 g/mol. The van der Waals surface area contributed by atoms with Crippen LogP contribution in [0.1, 0.15) is 54.1 Å². The highest BCUT2D eigenvalue weighted by molar-refractivity contribution is 7.08. The van der Waals surface area contributed by atoms with Crippen molar-refractivity contribution in [1.29, 1.82) is 0 Å². The molecule has 1 saturated heterocycles. The summed E-state index contributed by atoms with van der Waals surface area (Å²) in [6.45, 7) is 1.15. The van der Waals surface area contributed by atoms with Crippen LogP contribution in [0, 0.1) is 0 Å². The third kappa shape index (κ3) is 4.66. The van der Waals surface area contributed by atoms with Gasteiger partial charge in [-0.15, -0.1) is 0 Å². The third-order valence-corrected chi connectivity index (χ3v) is 5.26. The number of carbonyl (C=O) groups excluding carboxylic acids is 2. The van der Waals surface area contributed by atoms with Crippen LogP contribution in [-0.4, -0.2) is 34.8 Å². The molecule has 1 N–H and O–H groups in total. The topological polar surface area (TPSA) is 62.3 Å². The van der Waals surface area contributed by atoms with Crippen LogP contribution >= 0.6 is 11.3 Å². The van der Waals surface area contributed by atoms with Crippen LogP contribution in [0.5, 0.6) is 0 Å². The van der Waals surface area contributed by atoms with Gasteiger partial charge in [-0.25, -0.2) is 0 Å². The summed E-state index contributed by atoms with van der Waals surface area (Å²) in [5.41, 5.74) is 1.80. The van der Waals surface area contributed by atoms with Crippen LogP contribution in [0.4, 0.5) is 0 Å². The van der Waals surface area contributed by atoms with E-state index in [1.165, 1.54) is 11.3 Å². The highest BCUT2D eigenvalue weighted by Gasteiger charge is 2.26. The Bertz CT molecular complexity index is 688. The fraction of sp³-hybridized carbons (Fsp3) is 0.421. The second kappa shape index (κ2) is 8.76. The second-order valence-corrected chi connectivity index (χ2v) is 7.03. The van der Waals surface area contributed by atoms with Crippen molar-refractivity contribution in [1.82, 2.24) is 15.2 Å². The fourth-order valence-electron chi connectivity index (χ4n) is 3.26. The van der Waals surface area contributed by atoms with Crippen molar-refractivity contribution in [3.8, 4) is 0 Å². The van der Waals surface area contributed by atoms with Crippen LogP contribution in [-0.2, 0) is 4.79 Å². The first-order chi connectivity index (χ1) is 12.3. The molecule has 5 nitrogen and oxygen atoms in total. The molecular weight excluding hydrogens is 334 g/mol. The molecule has 0 unspecified atom stereocenters. The Balaban J connectivity index is 1.59. The molecule has 0 bridgehead atoms. The molecule has 2 aromatic heterocycles. The van der Waals surface area contributed by atoms with Crippen molar-refractivity contribution in [3.05, 3.63) is 52.5 Å². The second-order valence-electron chi connectivity index (χ2n) is 6.25. The van der Waals surface area contributed by atoms with Crippen molar-refractivity contribution >= 4 is 23.2 Å². The summed E-state index contributed by atoms with van der Waals surface area (Å²) in [4.78, 5) is 30.8. The highest BCUT2D eigenvalue weighted by atomic mass is 32.1. The fourth-order valence-corrected chi connectivity index (χ4v) is 3.90. The van der Waals surface area contributed by atoms with E-state index in [-0.39, 0.29) is 17.9 Å². The smallest absolute Gasteiger partial charge is 0.252 e. The summed E-state index contributed by atoms with van der Waals surface area (Å²) < 4.78 is 0. The quantitative estimate of drug-likeness (QED) is 0.892. The summed E-state index contributed by atoms with van der Waals surface area (Å²) in [6, 6.07) is 5.89. The highest BCUT2D eigenvalue weighted by Crippen LogP contribution is 2.30. The summed E-state index contributed by atoms with van der Waals surface area (Å²) in [6.07, 6.45) is 8.20. The van der Waals surface area contributed by atoms with Gasteiger partial charge < -0.3 is 10.2 Å². The van der Waals surface area contributed by atoms with Crippen LogP contribution in [0.25, 0.3) is 0 Å². The average Bonchev–Trinajstić information content (AvgIpc) is 3.07. The Morgan fingerprint density at radius 1 is 1.20 bits per heavy atom. The lowest BCUT2D eigenvalue weighted by Gasteiger charge is -2.30. The number of aromatic nitrogens is 1. The van der Waals surface area contributed by atoms with Gasteiger partial charge in [0.25, 0.3) is 5.91 Å². The predicted molar refractivity (Wildman–Crippen MR) is 98.4 cm³/mol. The molecule has 3 rings (SSSR count). The molecule has 0 aromatic carbocycles. The Labute approximate surface area is 152 Å². The van der Waals surface area contributed by atoms with E-state index < -0.39 is 0 Å². The molecule has 2 aromatic rings. The molecule has 0 spiro atoms. The van der Waals surface area contributed by atoms with E-state index in [0.717, 1.165) is 37.8 Å². The molecule has 1 aliphatic rings. The van der Waals surface area contributed by atoms with Crippen LogP contribution in [0.15, 0.2) is 41.4 Å². The van der Waals surface area contributed by atoms with Crippen LogP contribution < -0.4 is 5.32 Å². The molecule has 6 heteroatoms. The first-order valence-electron chi connectivity index (χ1n) is 8.75. The normalized spacial score (nSPS) is 17.8. The molecule has 1 aliphatic heterocycles. The number of nitrogens with one attached hydrogen (secondary N) is 1. The molecule has 25 heavy (non-hydrogen) atoms. The van der Waals surface area contributed by atoms with E-state index in [1.807, 2.05) is 27.8 Å². The van der Waals surface area contributed by atoms with E-state index in [4.69, 9.17) is 0 Å². The van der Waals surface area contributed by atoms with Gasteiger partial charge in [0.15, 0.2) is 0 Å². The van der Waals surface area contributed by atoms with Crippen molar-refractivity contribution in [2.75, 3.05) is 13.1 Å². The van der Waals surface area contributed by atoms with Gasteiger partial charge in [0.1, 0.15) is 0 Å². The number of thiophene rings is 1. The van der Waals surface area contributed by atoms with Gasteiger partial charge in [0.2, 0.25) is 5.91 Å². The van der Waals surface area contributed by atoms with E-state index in [1.54, 1.807) is 18.5 Å². The lowest BCUT2D eigenvalue weighted by molar-refractivity contribution is -0.133. The van der Waals surface area contributed by atoms with Gasteiger partial charge >= 0.3 is 0 Å². The number of rotatable bonds is 5. The van der Waals surface area contributed by atoms with E-state index in [9.17, 15) is 9.59 Å². The summed E-state index contributed by atoms with van der Waals surface area (Å²) in [7, 11) is 0. The minimum absolute atomic E-state index is 0.106. The van der Waals surface area contributed by atoms with Gasteiger partial charge in [-0.3, -0.25) is 14.6 Å². The number of hydrogen-bond acceptors (Lipinski definition) is 4. The van der Waals surface area contributed by atoms with E-state index >= 15 is 0 Å². The Morgan fingerprint density at radius 2 is 2.04 bits per heavy atom. The maximum absolute atomic E-state index is 12.8. The number of pyridine rings is 1. The first kappa shape index (κ1) is 17.6. The van der Waals surface area contributed by atoms with Crippen molar-refractivity contribution in [2.24, 2.45) is 0 Å². The van der Waals surface area contributed by atoms with E-state index in [2.05, 4.69) is 10.3 Å². The third-order valence-electron chi connectivity index (χ3n) is 4.57. The van der Waals surface area contributed by atoms with Crippen molar-refractivity contribution < 1.29 is 9.59 Å². The molecule has 0 aliphatic carbocycles. The van der Waals surface area contributed by atoms with Gasteiger partial charge in [0.05, 0.1) is 6.04 Å². The molecular formula is C19H23N3O2S. The summed E-state index contributed by atoms with van der Waals surface area (Å²) in [5.74, 6) is -0.00932. The first-order valence-corrected chi connectivity index (χ1v) is 9.70. The van der Waals surface area contributed by atoms with Crippen LogP contribution in [0.2, 0.25) is 0 Å². The summed E-state index contributed by atoms with van der Waals surface area (Å²) >= 11 is 1.49. The maximum atomic E-state index is 12.8. The lowest BCUT2D eigenvalue weighted by atomic mass is 10.0. The lowest BCUT2D eigenvalue weighted by Crippen LogP contribution is -2.37. The minimum atomic E-state index is -0.115. The minimum Gasteiger partial charge on any atom is -0.351 e. The molecule has 2 amide bonds. The number of nitrogens with zero attached hydrogens (tertiary/aromatic N) is 2. The zero-order chi connectivity index (χ0) is 17.5.